The molecule has 1 nitrogen and oxygen atoms in total. The molecule has 1 aromatic carbocycles. The van der Waals surface area contributed by atoms with Crippen molar-refractivity contribution in [2.75, 3.05) is 0 Å². The average Bonchev–Trinajstić information content (AvgIpc) is 2.25. The van der Waals surface area contributed by atoms with Crippen LogP contribution in [0.25, 0.3) is 0 Å². The topological polar surface area (TPSA) is 12.4 Å². The van der Waals surface area contributed by atoms with Gasteiger partial charge in [0.15, 0.2) is 0 Å². The summed E-state index contributed by atoms with van der Waals surface area (Å²) in [5.74, 6) is 1.06. The van der Waals surface area contributed by atoms with Crippen LogP contribution in [0.3, 0.4) is 0 Å². The lowest BCUT2D eigenvalue weighted by atomic mass is 9.93. The van der Waals surface area contributed by atoms with E-state index >= 15 is 0 Å². The third-order valence-electron chi connectivity index (χ3n) is 2.75. The van der Waals surface area contributed by atoms with Crippen molar-refractivity contribution < 1.29 is 0 Å². The third-order valence-corrected chi connectivity index (χ3v) is 2.75. The lowest BCUT2D eigenvalue weighted by molar-refractivity contribution is 0.835. The Hall–Kier alpha value is -1.11. The first kappa shape index (κ1) is 13.0. The first-order valence-electron chi connectivity index (χ1n) is 6.23. The van der Waals surface area contributed by atoms with Crippen LogP contribution in [0.2, 0.25) is 0 Å². The maximum Gasteiger partial charge on any atom is 0.0694 e. The zero-order valence-corrected chi connectivity index (χ0v) is 11.1. The third kappa shape index (κ3) is 2.94. The predicted octanol–water partition coefficient (Wildman–Crippen LogP) is 5.05. The maximum atomic E-state index is 4.64. The fourth-order valence-corrected chi connectivity index (χ4v) is 1.84. The maximum absolute atomic E-state index is 4.64. The summed E-state index contributed by atoms with van der Waals surface area (Å²) in [6, 6.07) is 6.54. The van der Waals surface area contributed by atoms with E-state index < -0.39 is 0 Å². The largest absolute Gasteiger partial charge is 0.261 e. The van der Waals surface area contributed by atoms with Crippen LogP contribution in [0, 0.1) is 0 Å². The Bertz CT molecular complexity index is 335. The summed E-state index contributed by atoms with van der Waals surface area (Å²) in [7, 11) is 0. The Morgan fingerprint density at radius 3 is 1.94 bits per heavy atom. The van der Waals surface area contributed by atoms with Gasteiger partial charge in [0.1, 0.15) is 0 Å². The van der Waals surface area contributed by atoms with Crippen LogP contribution in [-0.4, -0.2) is 6.21 Å². The molecule has 16 heavy (non-hydrogen) atoms. The molecule has 0 radical (unpaired) electrons. The molecular weight excluding hydrogens is 194 g/mol. The van der Waals surface area contributed by atoms with Crippen LogP contribution in [0.15, 0.2) is 23.2 Å². The highest BCUT2D eigenvalue weighted by Crippen LogP contribution is 2.34. The lowest BCUT2D eigenvalue weighted by Crippen LogP contribution is -1.95. The van der Waals surface area contributed by atoms with Crippen molar-refractivity contribution in [2.45, 2.75) is 52.9 Å². The summed E-state index contributed by atoms with van der Waals surface area (Å²) in [4.78, 5) is 4.64. The smallest absolute Gasteiger partial charge is 0.0694 e. The van der Waals surface area contributed by atoms with Gasteiger partial charge in [-0.2, -0.15) is 0 Å². The monoisotopic (exact) mass is 217 g/mol. The summed E-state index contributed by atoms with van der Waals surface area (Å²) in [5, 5.41) is 0. The van der Waals surface area contributed by atoms with E-state index in [1.807, 2.05) is 6.21 Å². The second-order valence-electron chi connectivity index (χ2n) is 4.81. The first-order valence-corrected chi connectivity index (χ1v) is 6.23. The summed E-state index contributed by atoms with van der Waals surface area (Å²) in [6.07, 6.45) is 3.00. The summed E-state index contributed by atoms with van der Waals surface area (Å²) in [6.45, 7) is 11.0. The van der Waals surface area contributed by atoms with Gasteiger partial charge in [-0.25, -0.2) is 0 Å². The van der Waals surface area contributed by atoms with Gasteiger partial charge in [-0.3, -0.25) is 4.99 Å². The van der Waals surface area contributed by atoms with E-state index in [9.17, 15) is 0 Å². The Labute approximate surface area is 99.6 Å². The molecule has 0 saturated heterocycles. The van der Waals surface area contributed by atoms with Crippen LogP contribution < -0.4 is 0 Å². The molecule has 1 heteroatoms. The van der Waals surface area contributed by atoms with E-state index in [1.54, 1.807) is 0 Å². The Morgan fingerprint density at radius 2 is 1.56 bits per heavy atom. The van der Waals surface area contributed by atoms with E-state index in [0.29, 0.717) is 11.8 Å². The van der Waals surface area contributed by atoms with Gasteiger partial charge in [-0.1, -0.05) is 52.8 Å². The van der Waals surface area contributed by atoms with Crippen LogP contribution in [0.5, 0.6) is 0 Å². The molecule has 0 heterocycles. The van der Waals surface area contributed by atoms with E-state index in [2.05, 4.69) is 57.8 Å². The Kier molecular flexibility index (Phi) is 4.72. The molecule has 0 aromatic heterocycles. The summed E-state index contributed by atoms with van der Waals surface area (Å²) < 4.78 is 0. The molecule has 0 aliphatic carbocycles. The lowest BCUT2D eigenvalue weighted by Gasteiger charge is -2.16. The summed E-state index contributed by atoms with van der Waals surface area (Å²) >= 11 is 0. The zero-order valence-electron chi connectivity index (χ0n) is 11.1. The van der Waals surface area contributed by atoms with Gasteiger partial charge in [-0.15, -0.1) is 0 Å². The summed E-state index contributed by atoms with van der Waals surface area (Å²) in [5.41, 5.74) is 3.90. The highest BCUT2D eigenvalue weighted by Gasteiger charge is 2.12. The fraction of sp³-hybridized carbons (Fsp3) is 0.533. The second kappa shape index (κ2) is 5.83. The van der Waals surface area contributed by atoms with Gasteiger partial charge in [0.2, 0.25) is 0 Å². The number of aliphatic imine (C=N–C) groups is 1. The minimum atomic E-state index is 0.530. The molecule has 1 aromatic rings. The van der Waals surface area contributed by atoms with Crippen molar-refractivity contribution in [3.63, 3.8) is 0 Å². The highest BCUT2D eigenvalue weighted by molar-refractivity contribution is 5.67. The van der Waals surface area contributed by atoms with Crippen LogP contribution in [-0.2, 0) is 0 Å². The quantitative estimate of drug-likeness (QED) is 0.626. The van der Waals surface area contributed by atoms with Gasteiger partial charge in [0, 0.05) is 6.21 Å². The zero-order chi connectivity index (χ0) is 12.1. The number of nitrogens with zero attached hydrogens (tertiary/aromatic N) is 1. The molecule has 0 bridgehead atoms. The Morgan fingerprint density at radius 1 is 1.06 bits per heavy atom. The molecule has 1 rings (SSSR count). The van der Waals surface area contributed by atoms with Crippen LogP contribution in [0.1, 0.15) is 64.0 Å². The molecule has 0 aliphatic heterocycles. The second-order valence-corrected chi connectivity index (χ2v) is 4.81. The molecule has 0 atom stereocenters. The number of hydrogen-bond donors (Lipinski definition) is 0. The average molecular weight is 217 g/mol. The molecule has 0 N–H and O–H groups in total. The van der Waals surface area contributed by atoms with Gasteiger partial charge in [-0.05, 0) is 29.4 Å². The molecule has 0 fully saturated rings. The molecule has 88 valence electrons. The van der Waals surface area contributed by atoms with Crippen molar-refractivity contribution in [1.29, 1.82) is 0 Å². The van der Waals surface area contributed by atoms with E-state index in [4.69, 9.17) is 0 Å². The molecule has 0 spiro atoms. The van der Waals surface area contributed by atoms with Gasteiger partial charge < -0.3 is 0 Å². The molecule has 0 aliphatic rings. The van der Waals surface area contributed by atoms with E-state index in [0.717, 1.165) is 6.42 Å². The van der Waals surface area contributed by atoms with Crippen LogP contribution >= 0.6 is 0 Å². The molecule has 0 unspecified atom stereocenters. The van der Waals surface area contributed by atoms with Crippen molar-refractivity contribution in [1.82, 2.24) is 0 Å². The molecular formula is C15H23N. The van der Waals surface area contributed by atoms with Crippen LogP contribution in [0.4, 0.5) is 5.69 Å². The van der Waals surface area contributed by atoms with Crippen molar-refractivity contribution in [3.05, 3.63) is 29.3 Å². The van der Waals surface area contributed by atoms with Gasteiger partial charge in [0.05, 0.1) is 5.69 Å². The standard InChI is InChI=1S/C15H23N/c1-6-10-16-15-13(11(2)3)8-7-9-14(15)12(4)5/h7-12H,6H2,1-5H3. The molecule has 0 amide bonds. The first-order chi connectivity index (χ1) is 7.57. The molecule has 0 saturated carbocycles. The number of rotatable bonds is 4. The number of hydrogen-bond acceptors (Lipinski definition) is 1. The highest BCUT2D eigenvalue weighted by atomic mass is 14.7. The SMILES string of the molecule is CCC=Nc1c(C(C)C)cccc1C(C)C. The minimum absolute atomic E-state index is 0.530. The Balaban J connectivity index is 3.29. The van der Waals surface area contributed by atoms with E-state index in [-0.39, 0.29) is 0 Å². The van der Waals surface area contributed by atoms with Crippen molar-refractivity contribution in [3.8, 4) is 0 Å². The number of benzene rings is 1. The minimum Gasteiger partial charge on any atom is -0.261 e. The van der Waals surface area contributed by atoms with Gasteiger partial charge >= 0.3 is 0 Å². The van der Waals surface area contributed by atoms with Crippen molar-refractivity contribution >= 4 is 11.9 Å². The normalized spacial score (nSPS) is 11.9. The fourth-order valence-electron chi connectivity index (χ4n) is 1.84. The predicted molar refractivity (Wildman–Crippen MR) is 73.1 cm³/mol. The number of para-hydroxylation sites is 1. The van der Waals surface area contributed by atoms with Gasteiger partial charge in [0.25, 0.3) is 0 Å². The van der Waals surface area contributed by atoms with E-state index in [1.165, 1.54) is 16.8 Å². The van der Waals surface area contributed by atoms with Crippen molar-refractivity contribution in [2.24, 2.45) is 4.99 Å².